The largest absolute Gasteiger partial charge is 0.467 e. The molecule has 2 bridgehead atoms. The van der Waals surface area contributed by atoms with Crippen LogP contribution in [0.2, 0.25) is 5.02 Å². The third kappa shape index (κ3) is 2.85. The molecule has 6 nitrogen and oxygen atoms in total. The molecule has 3 aliphatic rings. The molecule has 9 heteroatoms. The molecule has 0 radical (unpaired) electrons. The van der Waals surface area contributed by atoms with Gasteiger partial charge in [-0.1, -0.05) is 24.4 Å². The zero-order valence-electron chi connectivity index (χ0n) is 15.9. The van der Waals surface area contributed by atoms with Crippen LogP contribution >= 0.6 is 23.8 Å². The molecule has 0 aromatic heterocycles. The molecule has 1 aliphatic carbocycles. The number of hydrogen-bond acceptors (Lipinski definition) is 4. The average molecular weight is 448 g/mol. The van der Waals surface area contributed by atoms with Gasteiger partial charge in [-0.25, -0.2) is 4.39 Å². The Kier molecular flexibility index (Phi) is 4.59. The SMILES string of the molecule is O=[N+]([O-])c1ccc2c(c1)[C@H]1NC(=S)N(c3ccc(F)c(Cl)c3)[C@@]3(CCCCC[C@@H]13)O2. The molecular weight excluding hydrogens is 429 g/mol. The third-order valence-corrected chi connectivity index (χ3v) is 6.97. The summed E-state index contributed by atoms with van der Waals surface area (Å²) < 4.78 is 20.5. The van der Waals surface area contributed by atoms with E-state index in [1.807, 2.05) is 4.90 Å². The minimum Gasteiger partial charge on any atom is -0.467 e. The number of nitrogens with zero attached hydrogens (tertiary/aromatic N) is 2. The first kappa shape index (κ1) is 19.5. The lowest BCUT2D eigenvalue weighted by Crippen LogP contribution is -2.71. The summed E-state index contributed by atoms with van der Waals surface area (Å²) in [6.07, 6.45) is 4.67. The molecule has 1 saturated carbocycles. The van der Waals surface area contributed by atoms with E-state index in [0.29, 0.717) is 16.5 Å². The van der Waals surface area contributed by atoms with E-state index < -0.39 is 16.5 Å². The Bertz CT molecular complexity index is 1070. The number of nitrogens with one attached hydrogen (secondary N) is 1. The van der Waals surface area contributed by atoms with Gasteiger partial charge < -0.3 is 10.1 Å². The lowest BCUT2D eigenvalue weighted by molar-refractivity contribution is -0.385. The Morgan fingerprint density at radius 2 is 2.10 bits per heavy atom. The Hall–Kier alpha value is -2.45. The zero-order chi connectivity index (χ0) is 21.0. The molecule has 2 aliphatic heterocycles. The third-order valence-electron chi connectivity index (χ3n) is 6.38. The number of nitro benzene ring substituents is 1. The number of anilines is 1. The van der Waals surface area contributed by atoms with Gasteiger partial charge in [-0.15, -0.1) is 0 Å². The van der Waals surface area contributed by atoms with Gasteiger partial charge in [-0.2, -0.15) is 0 Å². The van der Waals surface area contributed by atoms with E-state index in [9.17, 15) is 14.5 Å². The van der Waals surface area contributed by atoms with E-state index in [-0.39, 0.29) is 22.7 Å². The van der Waals surface area contributed by atoms with Gasteiger partial charge in [0.05, 0.1) is 16.0 Å². The highest BCUT2D eigenvalue weighted by Gasteiger charge is 2.58. The summed E-state index contributed by atoms with van der Waals surface area (Å²) in [6, 6.07) is 9.06. The van der Waals surface area contributed by atoms with Crippen molar-refractivity contribution in [3.63, 3.8) is 0 Å². The van der Waals surface area contributed by atoms with Gasteiger partial charge in [-0.3, -0.25) is 15.0 Å². The smallest absolute Gasteiger partial charge is 0.270 e. The lowest BCUT2D eigenvalue weighted by Gasteiger charge is -2.58. The molecule has 0 unspecified atom stereocenters. The van der Waals surface area contributed by atoms with Crippen LogP contribution in [0, 0.1) is 21.8 Å². The fraction of sp³-hybridized carbons (Fsp3) is 0.381. The van der Waals surface area contributed by atoms with Gasteiger partial charge in [0.15, 0.2) is 10.8 Å². The Balaban J connectivity index is 1.69. The van der Waals surface area contributed by atoms with Gasteiger partial charge in [0.2, 0.25) is 0 Å². The van der Waals surface area contributed by atoms with Crippen LogP contribution in [0.1, 0.15) is 43.7 Å². The molecule has 2 aromatic carbocycles. The summed E-state index contributed by atoms with van der Waals surface area (Å²) in [4.78, 5) is 12.8. The number of fused-ring (bicyclic) bond motifs is 2. The van der Waals surface area contributed by atoms with E-state index >= 15 is 0 Å². The number of halogens is 2. The van der Waals surface area contributed by atoms with Crippen LogP contribution in [-0.2, 0) is 0 Å². The van der Waals surface area contributed by atoms with Crippen molar-refractivity contribution in [2.75, 3.05) is 4.90 Å². The fourth-order valence-electron chi connectivity index (χ4n) is 5.11. The van der Waals surface area contributed by atoms with Crippen molar-refractivity contribution in [3.8, 4) is 5.75 Å². The molecule has 1 N–H and O–H groups in total. The van der Waals surface area contributed by atoms with Crippen molar-refractivity contribution in [3.05, 3.63) is 62.9 Å². The zero-order valence-corrected chi connectivity index (χ0v) is 17.5. The molecule has 156 valence electrons. The summed E-state index contributed by atoms with van der Waals surface area (Å²) in [7, 11) is 0. The maximum Gasteiger partial charge on any atom is 0.270 e. The van der Waals surface area contributed by atoms with Gasteiger partial charge >= 0.3 is 0 Å². The van der Waals surface area contributed by atoms with Crippen molar-refractivity contribution < 1.29 is 14.1 Å². The molecule has 1 saturated heterocycles. The van der Waals surface area contributed by atoms with E-state index in [2.05, 4.69) is 5.32 Å². The second-order valence-corrected chi connectivity index (χ2v) is 8.79. The van der Waals surface area contributed by atoms with E-state index in [0.717, 1.165) is 37.7 Å². The van der Waals surface area contributed by atoms with Crippen LogP contribution in [0.3, 0.4) is 0 Å². The average Bonchev–Trinajstić information content (AvgIpc) is 2.93. The summed E-state index contributed by atoms with van der Waals surface area (Å²) in [5.74, 6) is 0.133. The normalized spacial score (nSPS) is 27.3. The maximum absolute atomic E-state index is 13.8. The molecule has 2 aromatic rings. The number of ether oxygens (including phenoxy) is 1. The minimum absolute atomic E-state index is 0.0185. The van der Waals surface area contributed by atoms with Crippen LogP contribution in [-0.4, -0.2) is 15.8 Å². The van der Waals surface area contributed by atoms with Crippen molar-refractivity contribution in [2.45, 2.75) is 43.9 Å². The number of benzene rings is 2. The van der Waals surface area contributed by atoms with Crippen molar-refractivity contribution >= 4 is 40.3 Å². The molecule has 0 amide bonds. The summed E-state index contributed by atoms with van der Waals surface area (Å²) >= 11 is 11.8. The molecule has 0 spiro atoms. The standard InChI is InChI=1S/C21H19ClFN3O3S/c22-16-11-12(5-7-17(16)23)25-20(30)24-19-14-10-13(26(27)28)6-8-18(14)29-21(25)9-3-1-2-4-15(19)21/h5-8,10-11,15,19H,1-4,9H2,(H,24,30)/t15-,19+,21-/m0/s1. The quantitative estimate of drug-likeness (QED) is 0.373. The Morgan fingerprint density at radius 3 is 2.87 bits per heavy atom. The van der Waals surface area contributed by atoms with Crippen LogP contribution < -0.4 is 15.0 Å². The first-order valence-electron chi connectivity index (χ1n) is 9.94. The molecular formula is C21H19ClFN3O3S. The number of thiocarbonyl (C=S) groups is 1. The Morgan fingerprint density at radius 1 is 1.27 bits per heavy atom. The summed E-state index contributed by atoms with van der Waals surface area (Å²) in [6.45, 7) is 0. The molecule has 2 heterocycles. The number of nitro groups is 1. The molecule has 30 heavy (non-hydrogen) atoms. The van der Waals surface area contributed by atoms with Gasteiger partial charge in [-0.05, 0) is 49.3 Å². The van der Waals surface area contributed by atoms with Crippen molar-refractivity contribution in [1.82, 2.24) is 5.32 Å². The second-order valence-electron chi connectivity index (χ2n) is 7.99. The van der Waals surface area contributed by atoms with Crippen LogP contribution in [0.4, 0.5) is 15.8 Å². The minimum atomic E-state index is -0.756. The fourth-order valence-corrected chi connectivity index (χ4v) is 5.67. The topological polar surface area (TPSA) is 67.6 Å². The second kappa shape index (κ2) is 7.06. The highest BCUT2D eigenvalue weighted by Crippen LogP contribution is 2.54. The van der Waals surface area contributed by atoms with Crippen molar-refractivity contribution in [1.29, 1.82) is 0 Å². The predicted molar refractivity (Wildman–Crippen MR) is 115 cm³/mol. The van der Waals surface area contributed by atoms with E-state index in [1.54, 1.807) is 24.3 Å². The van der Waals surface area contributed by atoms with Gasteiger partial charge in [0, 0.05) is 35.7 Å². The molecule has 3 atom stereocenters. The number of rotatable bonds is 2. The number of hydrogen-bond donors (Lipinski definition) is 1. The number of non-ortho nitro benzene ring substituents is 1. The highest BCUT2D eigenvalue weighted by atomic mass is 35.5. The molecule has 2 fully saturated rings. The van der Waals surface area contributed by atoms with Crippen LogP contribution in [0.25, 0.3) is 0 Å². The van der Waals surface area contributed by atoms with E-state index in [4.69, 9.17) is 28.6 Å². The lowest BCUT2D eigenvalue weighted by atomic mass is 9.75. The summed E-state index contributed by atoms with van der Waals surface area (Å²) in [5.41, 5.74) is 0.688. The summed E-state index contributed by atoms with van der Waals surface area (Å²) in [5, 5.41) is 15.2. The first-order valence-corrected chi connectivity index (χ1v) is 10.7. The van der Waals surface area contributed by atoms with Crippen LogP contribution in [0.5, 0.6) is 5.75 Å². The van der Waals surface area contributed by atoms with Gasteiger partial charge in [0.1, 0.15) is 11.6 Å². The first-order chi connectivity index (χ1) is 14.4. The van der Waals surface area contributed by atoms with Gasteiger partial charge in [0.25, 0.3) is 5.69 Å². The maximum atomic E-state index is 13.8. The molecule has 5 rings (SSSR count). The highest BCUT2D eigenvalue weighted by molar-refractivity contribution is 7.80. The van der Waals surface area contributed by atoms with E-state index in [1.165, 1.54) is 12.1 Å². The predicted octanol–water partition coefficient (Wildman–Crippen LogP) is 5.49. The monoisotopic (exact) mass is 447 g/mol. The van der Waals surface area contributed by atoms with Crippen molar-refractivity contribution in [2.24, 2.45) is 5.92 Å². The Labute approximate surface area is 183 Å². The van der Waals surface area contributed by atoms with Crippen LogP contribution in [0.15, 0.2) is 36.4 Å².